The smallest absolute Gasteiger partial charge is 0.254 e. The van der Waals surface area contributed by atoms with Gasteiger partial charge >= 0.3 is 0 Å². The summed E-state index contributed by atoms with van der Waals surface area (Å²) in [7, 11) is -3.68. The number of amides is 1. The Morgan fingerprint density at radius 2 is 1.74 bits per heavy atom. The fourth-order valence-corrected chi connectivity index (χ4v) is 3.79. The third-order valence-electron chi connectivity index (χ3n) is 4.35. The molecule has 1 amide bonds. The Bertz CT molecular complexity index is 910. The van der Waals surface area contributed by atoms with E-state index in [2.05, 4.69) is 0 Å². The quantitative estimate of drug-likeness (QED) is 0.783. The Hall–Kier alpha value is -2.45. The van der Waals surface area contributed by atoms with Crippen LogP contribution in [0.1, 0.15) is 15.9 Å². The van der Waals surface area contributed by atoms with Crippen LogP contribution >= 0.6 is 0 Å². The van der Waals surface area contributed by atoms with E-state index in [1.165, 1.54) is 18.2 Å². The number of rotatable bonds is 5. The molecule has 1 heterocycles. The lowest BCUT2D eigenvalue weighted by molar-refractivity contribution is 0.0303. The maximum absolute atomic E-state index is 14.1. The summed E-state index contributed by atoms with van der Waals surface area (Å²) in [5.74, 6) is -0.694. The first-order valence-corrected chi connectivity index (χ1v) is 10.4. The van der Waals surface area contributed by atoms with Gasteiger partial charge in [-0.1, -0.05) is 24.3 Å². The zero-order chi connectivity index (χ0) is 19.4. The summed E-state index contributed by atoms with van der Waals surface area (Å²) in [6.07, 6.45) is 1.04. The molecule has 2 aromatic carbocycles. The predicted molar refractivity (Wildman–Crippen MR) is 101 cm³/mol. The van der Waals surface area contributed by atoms with Crippen LogP contribution in [0.15, 0.2) is 48.5 Å². The lowest BCUT2D eigenvalue weighted by Gasteiger charge is -2.27. The van der Waals surface area contributed by atoms with Crippen molar-refractivity contribution in [2.24, 2.45) is 0 Å². The first-order chi connectivity index (χ1) is 12.9. The minimum absolute atomic E-state index is 0.00605. The van der Waals surface area contributed by atoms with Crippen molar-refractivity contribution in [2.75, 3.05) is 36.9 Å². The Labute approximate surface area is 158 Å². The highest BCUT2D eigenvalue weighted by atomic mass is 32.2. The maximum atomic E-state index is 14.1. The Balaban J connectivity index is 1.79. The van der Waals surface area contributed by atoms with E-state index in [0.29, 0.717) is 37.4 Å². The number of hydrogen-bond donors (Lipinski definition) is 0. The SMILES string of the molecule is CS(=O)(=O)N(Cc1ccc(C(=O)N2CCOCC2)cc1)c1ccccc1F. The Morgan fingerprint density at radius 1 is 1.11 bits per heavy atom. The maximum Gasteiger partial charge on any atom is 0.254 e. The number of nitrogens with zero attached hydrogens (tertiary/aromatic N) is 2. The summed E-state index contributed by atoms with van der Waals surface area (Å²) in [6, 6.07) is 12.4. The highest BCUT2D eigenvalue weighted by Gasteiger charge is 2.22. The molecule has 0 aromatic heterocycles. The van der Waals surface area contributed by atoms with Gasteiger partial charge in [-0.05, 0) is 29.8 Å². The van der Waals surface area contributed by atoms with Gasteiger partial charge in [-0.3, -0.25) is 9.10 Å². The second-order valence-corrected chi connectivity index (χ2v) is 8.23. The zero-order valence-electron chi connectivity index (χ0n) is 15.0. The van der Waals surface area contributed by atoms with Crippen molar-refractivity contribution in [1.82, 2.24) is 4.90 Å². The molecule has 0 spiro atoms. The fourth-order valence-electron chi connectivity index (χ4n) is 2.90. The van der Waals surface area contributed by atoms with Crippen LogP contribution in [-0.4, -0.2) is 51.8 Å². The van der Waals surface area contributed by atoms with Gasteiger partial charge in [-0.25, -0.2) is 12.8 Å². The minimum atomic E-state index is -3.68. The van der Waals surface area contributed by atoms with Gasteiger partial charge in [0.1, 0.15) is 5.82 Å². The second kappa shape index (κ2) is 8.06. The number of carbonyl (C=O) groups excluding carboxylic acids is 1. The van der Waals surface area contributed by atoms with E-state index in [0.717, 1.165) is 10.6 Å². The monoisotopic (exact) mass is 392 g/mol. The molecular formula is C19H21FN2O4S. The molecule has 0 atom stereocenters. The number of benzene rings is 2. The third kappa shape index (κ3) is 4.64. The highest BCUT2D eigenvalue weighted by Crippen LogP contribution is 2.24. The summed E-state index contributed by atoms with van der Waals surface area (Å²) in [4.78, 5) is 14.2. The van der Waals surface area contributed by atoms with Crippen LogP contribution in [0.3, 0.4) is 0 Å². The third-order valence-corrected chi connectivity index (χ3v) is 5.47. The molecule has 27 heavy (non-hydrogen) atoms. The molecule has 0 saturated carbocycles. The minimum Gasteiger partial charge on any atom is -0.378 e. The van der Waals surface area contributed by atoms with E-state index in [1.807, 2.05) is 0 Å². The van der Waals surface area contributed by atoms with Crippen LogP contribution in [-0.2, 0) is 21.3 Å². The van der Waals surface area contributed by atoms with Gasteiger partial charge in [-0.15, -0.1) is 0 Å². The molecule has 0 radical (unpaired) electrons. The van der Waals surface area contributed by atoms with E-state index < -0.39 is 15.8 Å². The van der Waals surface area contributed by atoms with Crippen molar-refractivity contribution >= 4 is 21.6 Å². The highest BCUT2D eigenvalue weighted by molar-refractivity contribution is 7.92. The topological polar surface area (TPSA) is 66.9 Å². The van der Waals surface area contributed by atoms with Crippen molar-refractivity contribution in [3.63, 3.8) is 0 Å². The van der Waals surface area contributed by atoms with E-state index in [-0.39, 0.29) is 18.1 Å². The number of hydrogen-bond acceptors (Lipinski definition) is 4. The van der Waals surface area contributed by atoms with Crippen molar-refractivity contribution in [2.45, 2.75) is 6.54 Å². The molecule has 8 heteroatoms. The molecule has 1 saturated heterocycles. The van der Waals surface area contributed by atoms with Crippen LogP contribution in [0.5, 0.6) is 0 Å². The van der Waals surface area contributed by atoms with Gasteiger partial charge in [-0.2, -0.15) is 0 Å². The zero-order valence-corrected chi connectivity index (χ0v) is 15.8. The molecule has 3 rings (SSSR count). The molecule has 0 bridgehead atoms. The number of anilines is 1. The van der Waals surface area contributed by atoms with Gasteiger partial charge in [0.15, 0.2) is 0 Å². The summed E-state index contributed by atoms with van der Waals surface area (Å²) in [5.41, 5.74) is 1.17. The van der Waals surface area contributed by atoms with Gasteiger partial charge in [0.2, 0.25) is 10.0 Å². The number of para-hydroxylation sites is 1. The van der Waals surface area contributed by atoms with Gasteiger partial charge in [0.25, 0.3) is 5.91 Å². The van der Waals surface area contributed by atoms with Gasteiger partial charge in [0.05, 0.1) is 31.7 Å². The average molecular weight is 392 g/mol. The van der Waals surface area contributed by atoms with Crippen molar-refractivity contribution < 1.29 is 22.3 Å². The van der Waals surface area contributed by atoms with Crippen LogP contribution in [0.25, 0.3) is 0 Å². The van der Waals surface area contributed by atoms with E-state index in [9.17, 15) is 17.6 Å². The molecule has 0 aliphatic carbocycles. The van der Waals surface area contributed by atoms with Crippen LogP contribution in [0.4, 0.5) is 10.1 Å². The summed E-state index contributed by atoms with van der Waals surface area (Å²) in [6.45, 7) is 2.13. The van der Waals surface area contributed by atoms with E-state index in [4.69, 9.17) is 4.74 Å². The van der Waals surface area contributed by atoms with Gasteiger partial charge < -0.3 is 9.64 Å². The number of morpholine rings is 1. The van der Waals surface area contributed by atoms with Crippen molar-refractivity contribution in [1.29, 1.82) is 0 Å². The number of carbonyl (C=O) groups is 1. The van der Waals surface area contributed by atoms with Crippen LogP contribution in [0.2, 0.25) is 0 Å². The molecular weight excluding hydrogens is 371 g/mol. The molecule has 144 valence electrons. The summed E-state index contributed by atoms with van der Waals surface area (Å²) >= 11 is 0. The first-order valence-electron chi connectivity index (χ1n) is 8.54. The standard InChI is InChI=1S/C19H21FN2O4S/c1-27(24,25)22(18-5-3-2-4-17(18)20)14-15-6-8-16(9-7-15)19(23)21-10-12-26-13-11-21/h2-9H,10-14H2,1H3. The first kappa shape index (κ1) is 19.3. The molecule has 0 N–H and O–H groups in total. The van der Waals surface area contributed by atoms with Gasteiger partial charge in [0, 0.05) is 18.7 Å². The van der Waals surface area contributed by atoms with Crippen LogP contribution < -0.4 is 4.31 Å². The summed E-state index contributed by atoms with van der Waals surface area (Å²) in [5, 5.41) is 0. The second-order valence-electron chi connectivity index (χ2n) is 6.32. The average Bonchev–Trinajstić information content (AvgIpc) is 2.66. The molecule has 1 fully saturated rings. The van der Waals surface area contributed by atoms with Crippen LogP contribution in [0, 0.1) is 5.82 Å². The summed E-state index contributed by atoms with van der Waals surface area (Å²) < 4.78 is 44.7. The predicted octanol–water partition coefficient (Wildman–Crippen LogP) is 2.26. The lowest BCUT2D eigenvalue weighted by Crippen LogP contribution is -2.40. The molecule has 0 unspecified atom stereocenters. The van der Waals surface area contributed by atoms with Crippen molar-refractivity contribution in [3.05, 3.63) is 65.5 Å². The number of ether oxygens (including phenoxy) is 1. The number of halogens is 1. The number of sulfonamides is 1. The molecule has 1 aliphatic heterocycles. The van der Waals surface area contributed by atoms with E-state index >= 15 is 0 Å². The van der Waals surface area contributed by atoms with E-state index in [1.54, 1.807) is 35.2 Å². The fraction of sp³-hybridized carbons (Fsp3) is 0.316. The lowest BCUT2D eigenvalue weighted by atomic mass is 10.1. The van der Waals surface area contributed by atoms with Crippen molar-refractivity contribution in [3.8, 4) is 0 Å². The normalized spacial score (nSPS) is 14.8. The molecule has 1 aliphatic rings. The Kier molecular flexibility index (Phi) is 5.76. The largest absolute Gasteiger partial charge is 0.378 e. The Morgan fingerprint density at radius 3 is 2.33 bits per heavy atom. The molecule has 2 aromatic rings. The molecule has 6 nitrogen and oxygen atoms in total.